The number of carbonyl (C=O) groups is 1. The molecule has 33 heavy (non-hydrogen) atoms. The Bertz CT molecular complexity index is 1210. The average Bonchev–Trinajstić information content (AvgIpc) is 2.84. The van der Waals surface area contributed by atoms with Gasteiger partial charge in [0.2, 0.25) is 0 Å². The van der Waals surface area contributed by atoms with Crippen molar-refractivity contribution in [3.8, 4) is 11.1 Å². The molecule has 2 heterocycles. The van der Waals surface area contributed by atoms with E-state index in [1.54, 1.807) is 0 Å². The van der Waals surface area contributed by atoms with Gasteiger partial charge in [-0.3, -0.25) is 9.78 Å². The van der Waals surface area contributed by atoms with E-state index < -0.39 is 0 Å². The van der Waals surface area contributed by atoms with Crippen molar-refractivity contribution in [3.63, 3.8) is 0 Å². The highest BCUT2D eigenvalue weighted by atomic mass is 16.5. The molecule has 0 spiro atoms. The third-order valence-electron chi connectivity index (χ3n) is 6.37. The van der Waals surface area contributed by atoms with Crippen LogP contribution in [0.15, 0.2) is 78.7 Å². The van der Waals surface area contributed by atoms with Crippen molar-refractivity contribution in [2.24, 2.45) is 5.92 Å². The first kappa shape index (κ1) is 22.8. The number of ether oxygens (including phenoxy) is 1. The molecule has 1 N–H and O–H groups in total. The lowest BCUT2D eigenvalue weighted by Crippen LogP contribution is -2.26. The Labute approximate surface area is 196 Å². The van der Waals surface area contributed by atoms with Gasteiger partial charge in [-0.1, -0.05) is 57.2 Å². The lowest BCUT2D eigenvalue weighted by molar-refractivity contribution is -0.147. The minimum atomic E-state index is -0.351. The Morgan fingerprint density at radius 1 is 1.09 bits per heavy atom. The lowest BCUT2D eigenvalue weighted by atomic mass is 9.80. The van der Waals surface area contributed by atoms with Gasteiger partial charge in [0.1, 0.15) is 0 Å². The van der Waals surface area contributed by atoms with Gasteiger partial charge in [0.05, 0.1) is 18.0 Å². The van der Waals surface area contributed by atoms with Crippen LogP contribution in [0.3, 0.4) is 0 Å². The van der Waals surface area contributed by atoms with Gasteiger partial charge in [-0.2, -0.15) is 0 Å². The number of pyridine rings is 1. The van der Waals surface area contributed by atoms with Gasteiger partial charge >= 0.3 is 5.97 Å². The number of hydrogen-bond donors (Lipinski definition) is 1. The van der Waals surface area contributed by atoms with E-state index in [0.717, 1.165) is 33.2 Å². The molecule has 4 nitrogen and oxygen atoms in total. The molecule has 2 unspecified atom stereocenters. The summed E-state index contributed by atoms with van der Waals surface area (Å²) in [5.74, 6) is -0.148. The quantitative estimate of drug-likeness (QED) is 0.435. The van der Waals surface area contributed by atoms with Gasteiger partial charge in [-0.05, 0) is 71.5 Å². The predicted molar refractivity (Wildman–Crippen MR) is 135 cm³/mol. The van der Waals surface area contributed by atoms with Gasteiger partial charge in [0, 0.05) is 23.7 Å². The van der Waals surface area contributed by atoms with Crippen LogP contribution >= 0.6 is 0 Å². The highest BCUT2D eigenvalue weighted by molar-refractivity contribution is 5.94. The molecule has 3 aromatic rings. The molecule has 170 valence electrons. The number of nitrogens with one attached hydrogen (secondary N) is 1. The summed E-state index contributed by atoms with van der Waals surface area (Å²) in [7, 11) is 0. The summed E-state index contributed by atoms with van der Waals surface area (Å²) in [6.07, 6.45) is 7.81. The number of benzene rings is 2. The fraction of sp³-hybridized carbons (Fsp3) is 0.310. The van der Waals surface area contributed by atoms with Crippen LogP contribution in [0.25, 0.3) is 22.0 Å². The Morgan fingerprint density at radius 2 is 1.94 bits per heavy atom. The number of fused-ring (bicyclic) bond motifs is 1. The van der Waals surface area contributed by atoms with E-state index in [9.17, 15) is 4.79 Å². The second-order valence-electron chi connectivity index (χ2n) is 8.89. The Balaban J connectivity index is 1.78. The van der Waals surface area contributed by atoms with Crippen molar-refractivity contribution in [2.45, 2.75) is 39.5 Å². The van der Waals surface area contributed by atoms with Crippen molar-refractivity contribution < 1.29 is 9.53 Å². The number of hydrogen-bond acceptors (Lipinski definition) is 4. The average molecular weight is 441 g/mol. The molecule has 4 rings (SSSR count). The van der Waals surface area contributed by atoms with Gasteiger partial charge in [0.25, 0.3) is 0 Å². The predicted octanol–water partition coefficient (Wildman–Crippen LogP) is 6.35. The zero-order valence-corrected chi connectivity index (χ0v) is 19.8. The molecule has 4 heteroatoms. The fourth-order valence-corrected chi connectivity index (χ4v) is 4.51. The van der Waals surface area contributed by atoms with Gasteiger partial charge in [0.15, 0.2) is 0 Å². The first-order valence-electron chi connectivity index (χ1n) is 11.7. The summed E-state index contributed by atoms with van der Waals surface area (Å²) in [4.78, 5) is 17.7. The molecular weight excluding hydrogens is 408 g/mol. The van der Waals surface area contributed by atoms with Gasteiger partial charge in [-0.25, -0.2) is 0 Å². The monoisotopic (exact) mass is 440 g/mol. The van der Waals surface area contributed by atoms with Crippen LogP contribution in [-0.4, -0.2) is 24.1 Å². The smallest absolute Gasteiger partial charge is 0.314 e. The lowest BCUT2D eigenvalue weighted by Gasteiger charge is -2.26. The zero-order chi connectivity index (χ0) is 23.4. The van der Waals surface area contributed by atoms with Crippen molar-refractivity contribution in [1.29, 1.82) is 0 Å². The summed E-state index contributed by atoms with van der Waals surface area (Å²) in [5.41, 5.74) is 6.63. The summed E-state index contributed by atoms with van der Waals surface area (Å²) >= 11 is 0. The van der Waals surface area contributed by atoms with E-state index >= 15 is 0 Å². The Morgan fingerprint density at radius 3 is 2.67 bits per heavy atom. The number of esters is 1. The van der Waals surface area contributed by atoms with Gasteiger partial charge < -0.3 is 10.1 Å². The molecule has 2 atom stereocenters. The highest BCUT2D eigenvalue weighted by Gasteiger charge is 2.30. The van der Waals surface area contributed by atoms with Crippen molar-refractivity contribution >= 4 is 16.9 Å². The van der Waals surface area contributed by atoms with Crippen molar-refractivity contribution in [1.82, 2.24) is 10.3 Å². The molecule has 1 aliphatic heterocycles. The fourth-order valence-electron chi connectivity index (χ4n) is 4.51. The van der Waals surface area contributed by atoms with Crippen LogP contribution < -0.4 is 5.32 Å². The van der Waals surface area contributed by atoms with E-state index in [-0.39, 0.29) is 17.8 Å². The number of nitrogens with zero attached hydrogens (tertiary/aromatic N) is 1. The maximum Gasteiger partial charge on any atom is 0.314 e. The van der Waals surface area contributed by atoms with E-state index in [2.05, 4.69) is 74.6 Å². The van der Waals surface area contributed by atoms with E-state index in [1.165, 1.54) is 5.56 Å². The molecule has 1 aliphatic rings. The largest absolute Gasteiger partial charge is 0.466 e. The number of rotatable bonds is 7. The summed E-state index contributed by atoms with van der Waals surface area (Å²) in [5, 5.41) is 4.31. The zero-order valence-electron chi connectivity index (χ0n) is 19.8. The van der Waals surface area contributed by atoms with E-state index in [4.69, 9.17) is 9.72 Å². The number of aromatic nitrogens is 1. The van der Waals surface area contributed by atoms with E-state index in [1.807, 2.05) is 31.5 Å². The molecule has 0 saturated carbocycles. The molecule has 1 aromatic heterocycles. The molecule has 0 saturated heterocycles. The van der Waals surface area contributed by atoms with Crippen molar-refractivity contribution in [2.75, 3.05) is 13.2 Å². The first-order valence-corrected chi connectivity index (χ1v) is 11.7. The minimum Gasteiger partial charge on any atom is -0.466 e. The molecule has 0 amide bonds. The Kier molecular flexibility index (Phi) is 6.93. The van der Waals surface area contributed by atoms with E-state index in [0.29, 0.717) is 19.1 Å². The molecular formula is C29H32N2O2. The second-order valence-corrected chi connectivity index (χ2v) is 8.89. The van der Waals surface area contributed by atoms with Crippen LogP contribution in [0.2, 0.25) is 0 Å². The summed E-state index contributed by atoms with van der Waals surface area (Å²) in [6, 6.07) is 17.1. The third kappa shape index (κ3) is 4.85. The van der Waals surface area contributed by atoms with Gasteiger partial charge in [-0.15, -0.1) is 0 Å². The number of dihydropyridines is 1. The molecule has 0 aliphatic carbocycles. The van der Waals surface area contributed by atoms with Crippen LogP contribution in [-0.2, 0) is 9.53 Å². The first-order chi connectivity index (χ1) is 16.0. The Hall–Kier alpha value is -3.40. The van der Waals surface area contributed by atoms with Crippen LogP contribution in [0, 0.1) is 5.92 Å². The number of allylic oxidation sites excluding steroid dienone is 1. The van der Waals surface area contributed by atoms with Crippen molar-refractivity contribution in [3.05, 3.63) is 89.8 Å². The maximum atomic E-state index is 13.0. The SMILES string of the molecule is CCOC(=O)C(C1=CCNC=C1)C(C)c1cccc(-c2cc(C(C)C)cc3cccnc23)c1. The topological polar surface area (TPSA) is 51.2 Å². The summed E-state index contributed by atoms with van der Waals surface area (Å²) in [6.45, 7) is 9.48. The minimum absolute atomic E-state index is 0.0366. The summed E-state index contributed by atoms with van der Waals surface area (Å²) < 4.78 is 5.47. The molecule has 0 radical (unpaired) electrons. The standard InChI is InChI=1S/C29H32N2O2/c1-5-33-29(32)27(21-11-14-30-15-12-21)20(4)22-8-6-9-23(16-22)26-18-25(19(2)3)17-24-10-7-13-31-28(24)26/h6-14,16-20,27,30H,5,15H2,1-4H3. The molecule has 0 fully saturated rings. The highest BCUT2D eigenvalue weighted by Crippen LogP contribution is 2.36. The molecule has 2 aromatic carbocycles. The normalized spacial score (nSPS) is 15.1. The maximum absolute atomic E-state index is 13.0. The van der Waals surface area contributed by atoms with Crippen LogP contribution in [0.5, 0.6) is 0 Å². The van der Waals surface area contributed by atoms with Crippen LogP contribution in [0.4, 0.5) is 0 Å². The van der Waals surface area contributed by atoms with Crippen LogP contribution in [0.1, 0.15) is 50.7 Å². The second kappa shape index (κ2) is 10.0. The number of carbonyl (C=O) groups excluding carboxylic acids is 1. The third-order valence-corrected chi connectivity index (χ3v) is 6.37. The molecule has 0 bridgehead atoms.